The molecule has 3 aromatic carbocycles. The van der Waals surface area contributed by atoms with Crippen molar-refractivity contribution in [2.75, 3.05) is 0 Å². The van der Waals surface area contributed by atoms with E-state index in [4.69, 9.17) is 9.15 Å². The van der Waals surface area contributed by atoms with Gasteiger partial charge in [-0.1, -0.05) is 57.9 Å². The number of amides is 1. The van der Waals surface area contributed by atoms with E-state index in [1.165, 1.54) is 11.2 Å². The van der Waals surface area contributed by atoms with Crippen LogP contribution in [0.3, 0.4) is 0 Å². The van der Waals surface area contributed by atoms with Gasteiger partial charge in [0.1, 0.15) is 23.9 Å². The number of furan rings is 1. The molecule has 1 N–H and O–H groups in total. The summed E-state index contributed by atoms with van der Waals surface area (Å²) in [7, 11) is 0. The highest BCUT2D eigenvalue weighted by Gasteiger charge is 2.46. The second-order valence-corrected chi connectivity index (χ2v) is 9.78. The van der Waals surface area contributed by atoms with Crippen molar-refractivity contribution in [3.8, 4) is 5.75 Å². The predicted octanol–water partition coefficient (Wildman–Crippen LogP) is 6.55. The Balaban J connectivity index is 1.46. The average Bonchev–Trinajstić information content (AvgIpc) is 3.50. The van der Waals surface area contributed by atoms with Crippen LogP contribution in [0.5, 0.6) is 5.75 Å². The van der Waals surface area contributed by atoms with Gasteiger partial charge in [0.25, 0.3) is 11.7 Å². The van der Waals surface area contributed by atoms with E-state index < -0.39 is 17.7 Å². The smallest absolute Gasteiger partial charge is 0.296 e. The topological polar surface area (TPSA) is 80.0 Å². The van der Waals surface area contributed by atoms with E-state index in [0.29, 0.717) is 29.2 Å². The fourth-order valence-corrected chi connectivity index (χ4v) is 4.70. The van der Waals surface area contributed by atoms with Crippen molar-refractivity contribution in [3.63, 3.8) is 0 Å². The molecule has 0 aliphatic carbocycles. The third-order valence-electron chi connectivity index (χ3n) is 6.25. The number of hydrogen-bond donors (Lipinski definition) is 1. The Morgan fingerprint density at radius 1 is 1.00 bits per heavy atom. The zero-order valence-corrected chi connectivity index (χ0v) is 21.6. The third kappa shape index (κ3) is 5.22. The van der Waals surface area contributed by atoms with E-state index in [0.717, 1.165) is 15.6 Å². The summed E-state index contributed by atoms with van der Waals surface area (Å²) in [5, 5.41) is 11.3. The maximum absolute atomic E-state index is 13.2. The average molecular weight is 558 g/mol. The summed E-state index contributed by atoms with van der Waals surface area (Å²) in [6, 6.07) is 24.9. The van der Waals surface area contributed by atoms with Gasteiger partial charge in [0.05, 0.1) is 24.4 Å². The van der Waals surface area contributed by atoms with Crippen molar-refractivity contribution in [2.24, 2.45) is 0 Å². The molecular formula is C30H24BrNO5. The summed E-state index contributed by atoms with van der Waals surface area (Å²) >= 11 is 3.42. The Labute approximate surface area is 222 Å². The number of carbonyl (C=O) groups is 2. The number of nitrogens with zero attached hydrogens (tertiary/aromatic N) is 1. The van der Waals surface area contributed by atoms with Crippen molar-refractivity contribution < 1.29 is 23.8 Å². The number of aliphatic hydroxyl groups is 1. The predicted molar refractivity (Wildman–Crippen MR) is 143 cm³/mol. The molecule has 0 saturated carbocycles. The molecule has 4 aromatic rings. The van der Waals surface area contributed by atoms with Gasteiger partial charge < -0.3 is 19.2 Å². The zero-order chi connectivity index (χ0) is 25.9. The van der Waals surface area contributed by atoms with Gasteiger partial charge in [-0.05, 0) is 66.6 Å². The molecule has 1 atom stereocenters. The molecular weight excluding hydrogens is 534 g/mol. The Morgan fingerprint density at radius 3 is 2.43 bits per heavy atom. The number of aryl methyl sites for hydroxylation is 1. The maximum Gasteiger partial charge on any atom is 0.296 e. The lowest BCUT2D eigenvalue weighted by molar-refractivity contribution is -0.140. The van der Waals surface area contributed by atoms with Crippen LogP contribution in [0.2, 0.25) is 0 Å². The van der Waals surface area contributed by atoms with Gasteiger partial charge >= 0.3 is 0 Å². The highest BCUT2D eigenvalue weighted by molar-refractivity contribution is 9.10. The quantitative estimate of drug-likeness (QED) is 0.158. The second kappa shape index (κ2) is 10.5. The summed E-state index contributed by atoms with van der Waals surface area (Å²) in [6.45, 7) is 2.54. The van der Waals surface area contributed by atoms with Crippen LogP contribution >= 0.6 is 15.9 Å². The molecule has 0 spiro atoms. The van der Waals surface area contributed by atoms with Crippen LogP contribution in [0.25, 0.3) is 5.76 Å². The minimum atomic E-state index is -0.768. The van der Waals surface area contributed by atoms with E-state index in [2.05, 4.69) is 22.0 Å². The van der Waals surface area contributed by atoms with E-state index >= 15 is 0 Å². The molecule has 6 nitrogen and oxygen atoms in total. The van der Waals surface area contributed by atoms with Crippen LogP contribution in [-0.2, 0) is 22.7 Å². The molecule has 1 aromatic heterocycles. The maximum atomic E-state index is 13.2. The van der Waals surface area contributed by atoms with E-state index in [1.54, 1.807) is 36.4 Å². The summed E-state index contributed by atoms with van der Waals surface area (Å²) < 4.78 is 12.2. The van der Waals surface area contributed by atoms with Gasteiger partial charge in [-0.3, -0.25) is 9.59 Å². The van der Waals surface area contributed by atoms with Crippen LogP contribution in [-0.4, -0.2) is 21.7 Å². The van der Waals surface area contributed by atoms with E-state index in [-0.39, 0.29) is 17.9 Å². The lowest BCUT2D eigenvalue weighted by Gasteiger charge is -2.24. The van der Waals surface area contributed by atoms with Gasteiger partial charge in [0, 0.05) is 10.0 Å². The minimum absolute atomic E-state index is 0.0345. The third-order valence-corrected chi connectivity index (χ3v) is 6.78. The van der Waals surface area contributed by atoms with E-state index in [1.807, 2.05) is 49.4 Å². The highest BCUT2D eigenvalue weighted by Crippen LogP contribution is 2.40. The molecule has 1 aliphatic rings. The number of aliphatic hydroxyl groups excluding tert-OH is 1. The number of ether oxygens (including phenoxy) is 1. The molecule has 5 rings (SSSR count). The molecule has 1 unspecified atom stereocenters. The minimum Gasteiger partial charge on any atom is -0.507 e. The van der Waals surface area contributed by atoms with Gasteiger partial charge in [-0.2, -0.15) is 0 Å². The molecule has 37 heavy (non-hydrogen) atoms. The van der Waals surface area contributed by atoms with Crippen molar-refractivity contribution in [2.45, 2.75) is 26.1 Å². The van der Waals surface area contributed by atoms with Crippen LogP contribution in [0, 0.1) is 6.92 Å². The van der Waals surface area contributed by atoms with Crippen LogP contribution in [0.4, 0.5) is 0 Å². The van der Waals surface area contributed by atoms with Gasteiger partial charge in [-0.25, -0.2) is 0 Å². The number of benzene rings is 3. The summed E-state index contributed by atoms with van der Waals surface area (Å²) in [4.78, 5) is 27.7. The van der Waals surface area contributed by atoms with Crippen molar-refractivity contribution in [1.82, 2.24) is 4.90 Å². The van der Waals surface area contributed by atoms with Crippen molar-refractivity contribution in [3.05, 3.63) is 129 Å². The Morgan fingerprint density at radius 2 is 1.76 bits per heavy atom. The number of halogens is 1. The number of Topliss-reactive ketones (excluding diaryl/α,β-unsaturated/α-hetero) is 1. The first-order valence-electron chi connectivity index (χ1n) is 11.8. The monoisotopic (exact) mass is 557 g/mol. The molecule has 2 heterocycles. The molecule has 7 heteroatoms. The summed E-state index contributed by atoms with van der Waals surface area (Å²) in [5.41, 5.74) is 3.37. The first-order valence-corrected chi connectivity index (χ1v) is 12.5. The van der Waals surface area contributed by atoms with E-state index in [9.17, 15) is 14.7 Å². The molecule has 1 fully saturated rings. The number of ketones is 1. The van der Waals surface area contributed by atoms with Crippen LogP contribution in [0.15, 0.2) is 106 Å². The molecule has 0 bridgehead atoms. The zero-order valence-electron chi connectivity index (χ0n) is 20.1. The summed E-state index contributed by atoms with van der Waals surface area (Å²) in [6.07, 6.45) is 1.52. The largest absolute Gasteiger partial charge is 0.507 e. The van der Waals surface area contributed by atoms with Gasteiger partial charge in [-0.15, -0.1) is 0 Å². The molecule has 1 saturated heterocycles. The lowest BCUT2D eigenvalue weighted by Crippen LogP contribution is -2.29. The number of hydrogen-bond acceptors (Lipinski definition) is 5. The standard InChI is InChI=1S/C30H24BrNO5/c1-19-4-2-5-20(16-19)18-37-24-13-9-22(10-14-24)28(33)26-27(21-7-11-23(31)12-8-21)32(30(35)29(26)34)17-25-6-3-15-36-25/h2-16,27,33H,17-18H2,1H3. The second-order valence-electron chi connectivity index (χ2n) is 8.86. The lowest BCUT2D eigenvalue weighted by atomic mass is 9.95. The number of likely N-dealkylation sites (tertiary alicyclic amines) is 1. The van der Waals surface area contributed by atoms with Gasteiger partial charge in [0.15, 0.2) is 0 Å². The SMILES string of the molecule is Cc1cccc(COc2ccc(C(O)=C3C(=O)C(=O)N(Cc4ccco4)C3c3ccc(Br)cc3)cc2)c1. The Hall–Kier alpha value is -4.10. The Kier molecular flexibility index (Phi) is 6.97. The Bertz CT molecular complexity index is 1460. The molecule has 0 radical (unpaired) electrons. The molecule has 186 valence electrons. The summed E-state index contributed by atoms with van der Waals surface area (Å²) in [5.74, 6) is -0.501. The van der Waals surface area contributed by atoms with Crippen molar-refractivity contribution in [1.29, 1.82) is 0 Å². The fraction of sp³-hybridized carbons (Fsp3) is 0.133. The normalized spacial score (nSPS) is 16.8. The molecule has 1 aliphatic heterocycles. The number of rotatable bonds is 7. The molecule has 1 amide bonds. The fourth-order valence-electron chi connectivity index (χ4n) is 4.44. The van der Waals surface area contributed by atoms with Crippen LogP contribution < -0.4 is 4.74 Å². The highest BCUT2D eigenvalue weighted by atomic mass is 79.9. The first kappa shape index (κ1) is 24.6. The first-order chi connectivity index (χ1) is 17.9. The van der Waals surface area contributed by atoms with Crippen molar-refractivity contribution >= 4 is 33.4 Å². The number of carbonyl (C=O) groups excluding carboxylic acids is 2. The van der Waals surface area contributed by atoms with Gasteiger partial charge in [0.2, 0.25) is 0 Å². The van der Waals surface area contributed by atoms with Crippen LogP contribution in [0.1, 0.15) is 34.1 Å².